The summed E-state index contributed by atoms with van der Waals surface area (Å²) in [5.41, 5.74) is 2.61. The zero-order chi connectivity index (χ0) is 17.3. The summed E-state index contributed by atoms with van der Waals surface area (Å²) in [7, 11) is -0.953. The molecule has 26 heavy (non-hydrogen) atoms. The number of fused-ring (bicyclic) bond motifs is 1. The van der Waals surface area contributed by atoms with Crippen molar-refractivity contribution in [2.75, 3.05) is 29.1 Å². The van der Waals surface area contributed by atoms with Crippen molar-refractivity contribution in [2.24, 2.45) is 5.92 Å². The maximum Gasteiger partial charge on any atom is 0.227 e. The summed E-state index contributed by atoms with van der Waals surface area (Å²) in [5.74, 6) is 3.80. The van der Waals surface area contributed by atoms with E-state index in [1.165, 1.54) is 24.8 Å². The van der Waals surface area contributed by atoms with Crippen molar-refractivity contribution < 1.29 is 4.21 Å². The Bertz CT molecular complexity index is 893. The van der Waals surface area contributed by atoms with Gasteiger partial charge in [0.2, 0.25) is 5.95 Å². The third kappa shape index (κ3) is 2.17. The van der Waals surface area contributed by atoms with Crippen molar-refractivity contribution in [1.82, 2.24) is 9.97 Å². The Kier molecular flexibility index (Phi) is 3.08. The standard InChI is InChI=1S/C20H22N4OS/c25-26-7-6-16-17(26)18(23-20-8-13(9-20)10-20)22-19(21-16)24-11-15(12-24)14-4-2-1-3-5-14/h1-5,13,15H,6-12H2,(H,21,22,23)/t13?,20?,26-/m0/s1. The first-order chi connectivity index (χ1) is 12.7. The molecule has 2 bridgehead atoms. The molecule has 0 amide bonds. The predicted molar refractivity (Wildman–Crippen MR) is 102 cm³/mol. The van der Waals surface area contributed by atoms with Gasteiger partial charge in [0, 0.05) is 36.7 Å². The highest BCUT2D eigenvalue weighted by molar-refractivity contribution is 7.85. The number of hydrogen-bond acceptors (Lipinski definition) is 5. The molecule has 2 aliphatic heterocycles. The van der Waals surface area contributed by atoms with E-state index in [2.05, 4.69) is 40.5 Å². The van der Waals surface area contributed by atoms with Gasteiger partial charge in [-0.15, -0.1) is 0 Å². The van der Waals surface area contributed by atoms with Crippen LogP contribution < -0.4 is 10.2 Å². The molecule has 1 atom stereocenters. The van der Waals surface area contributed by atoms with Crippen molar-refractivity contribution >= 4 is 22.6 Å². The van der Waals surface area contributed by atoms with E-state index in [4.69, 9.17) is 9.97 Å². The minimum absolute atomic E-state index is 0.234. The Hall–Kier alpha value is -1.95. The number of nitrogens with zero attached hydrogens (tertiary/aromatic N) is 3. The Labute approximate surface area is 155 Å². The second kappa shape index (κ2) is 5.28. The van der Waals surface area contributed by atoms with Crippen LogP contribution in [-0.2, 0) is 17.2 Å². The summed E-state index contributed by atoms with van der Waals surface area (Å²) in [6.45, 7) is 1.91. The van der Waals surface area contributed by atoms with Crippen LogP contribution in [0, 0.1) is 5.92 Å². The Morgan fingerprint density at radius 3 is 2.58 bits per heavy atom. The molecule has 7 rings (SSSR count). The molecular weight excluding hydrogens is 344 g/mol. The fourth-order valence-electron chi connectivity index (χ4n) is 4.87. The molecule has 1 aromatic heterocycles. The molecule has 3 heterocycles. The van der Waals surface area contributed by atoms with Crippen LogP contribution in [0.25, 0.3) is 0 Å². The quantitative estimate of drug-likeness (QED) is 0.902. The molecule has 5 aliphatic rings. The molecule has 4 fully saturated rings. The lowest BCUT2D eigenvalue weighted by Crippen LogP contribution is -2.63. The van der Waals surface area contributed by atoms with Crippen molar-refractivity contribution in [3.63, 3.8) is 0 Å². The van der Waals surface area contributed by atoms with E-state index in [9.17, 15) is 4.21 Å². The molecule has 1 saturated heterocycles. The van der Waals surface area contributed by atoms with E-state index in [1.807, 2.05) is 0 Å². The van der Waals surface area contributed by atoms with Gasteiger partial charge in [0.15, 0.2) is 0 Å². The lowest BCUT2D eigenvalue weighted by molar-refractivity contribution is 0.00158. The van der Waals surface area contributed by atoms with E-state index >= 15 is 0 Å². The SMILES string of the molecule is O=[S@]1CCc2nc(N3CC(c4ccccc4)C3)nc(NC34CC(C3)C4)c21. The van der Waals surface area contributed by atoms with Gasteiger partial charge in [-0.25, -0.2) is 4.98 Å². The molecular formula is C20H22N4OS. The first kappa shape index (κ1) is 15.1. The summed E-state index contributed by atoms with van der Waals surface area (Å²) in [4.78, 5) is 12.8. The number of hydrogen-bond donors (Lipinski definition) is 1. The number of nitrogens with one attached hydrogen (secondary N) is 1. The fraction of sp³-hybridized carbons (Fsp3) is 0.500. The lowest BCUT2D eigenvalue weighted by atomic mass is 9.50. The summed E-state index contributed by atoms with van der Waals surface area (Å²) in [6.07, 6.45) is 4.53. The van der Waals surface area contributed by atoms with Crippen LogP contribution in [0.15, 0.2) is 35.2 Å². The maximum absolute atomic E-state index is 12.5. The van der Waals surface area contributed by atoms with Gasteiger partial charge in [-0.2, -0.15) is 4.98 Å². The van der Waals surface area contributed by atoms with E-state index in [1.54, 1.807) is 0 Å². The van der Waals surface area contributed by atoms with Gasteiger partial charge in [0.25, 0.3) is 0 Å². The molecule has 1 aromatic carbocycles. The zero-order valence-corrected chi connectivity index (χ0v) is 15.5. The summed E-state index contributed by atoms with van der Waals surface area (Å²) < 4.78 is 12.5. The molecule has 0 radical (unpaired) electrons. The van der Waals surface area contributed by atoms with Crippen LogP contribution in [0.1, 0.15) is 36.4 Å². The van der Waals surface area contributed by atoms with E-state index in [0.717, 1.165) is 47.8 Å². The highest BCUT2D eigenvalue weighted by Crippen LogP contribution is 2.58. The molecule has 6 heteroatoms. The van der Waals surface area contributed by atoms with E-state index < -0.39 is 10.8 Å². The highest BCUT2D eigenvalue weighted by atomic mass is 32.2. The summed E-state index contributed by atoms with van der Waals surface area (Å²) in [6, 6.07) is 10.7. The zero-order valence-electron chi connectivity index (χ0n) is 14.6. The van der Waals surface area contributed by atoms with Crippen molar-refractivity contribution in [3.8, 4) is 0 Å². The molecule has 3 saturated carbocycles. The van der Waals surface area contributed by atoms with Crippen LogP contribution >= 0.6 is 0 Å². The summed E-state index contributed by atoms with van der Waals surface area (Å²) >= 11 is 0. The van der Waals surface area contributed by atoms with E-state index in [-0.39, 0.29) is 5.54 Å². The number of benzene rings is 1. The Morgan fingerprint density at radius 2 is 1.88 bits per heavy atom. The van der Waals surface area contributed by atoms with Crippen molar-refractivity contribution in [1.29, 1.82) is 0 Å². The van der Waals surface area contributed by atoms with Crippen molar-refractivity contribution in [2.45, 2.75) is 42.0 Å². The number of rotatable bonds is 4. The van der Waals surface area contributed by atoms with Gasteiger partial charge in [0.1, 0.15) is 10.7 Å². The molecule has 1 N–H and O–H groups in total. The fourth-order valence-corrected chi connectivity index (χ4v) is 6.18. The predicted octanol–water partition coefficient (Wildman–Crippen LogP) is 2.71. The maximum atomic E-state index is 12.5. The number of aryl methyl sites for hydroxylation is 1. The second-order valence-corrected chi connectivity index (χ2v) is 9.85. The van der Waals surface area contributed by atoms with Crippen LogP contribution in [0.2, 0.25) is 0 Å². The third-order valence-corrected chi connectivity index (χ3v) is 7.99. The normalized spacial score (nSPS) is 31.6. The van der Waals surface area contributed by atoms with Gasteiger partial charge < -0.3 is 10.2 Å². The van der Waals surface area contributed by atoms with Crippen molar-refractivity contribution in [3.05, 3.63) is 41.6 Å². The van der Waals surface area contributed by atoms with Gasteiger partial charge in [0.05, 0.1) is 16.5 Å². The topological polar surface area (TPSA) is 58.1 Å². The van der Waals surface area contributed by atoms with Gasteiger partial charge in [-0.1, -0.05) is 30.3 Å². The van der Waals surface area contributed by atoms with Crippen LogP contribution in [0.3, 0.4) is 0 Å². The Morgan fingerprint density at radius 1 is 1.12 bits per heavy atom. The molecule has 3 aliphatic carbocycles. The first-order valence-corrected chi connectivity index (χ1v) is 10.9. The minimum atomic E-state index is -0.953. The number of aromatic nitrogens is 2. The first-order valence-electron chi connectivity index (χ1n) is 9.56. The largest absolute Gasteiger partial charge is 0.363 e. The Balaban J connectivity index is 1.28. The minimum Gasteiger partial charge on any atom is -0.363 e. The highest BCUT2D eigenvalue weighted by Gasteiger charge is 2.57. The summed E-state index contributed by atoms with van der Waals surface area (Å²) in [5, 5.41) is 3.67. The van der Waals surface area contributed by atoms with E-state index in [0.29, 0.717) is 11.7 Å². The monoisotopic (exact) mass is 366 g/mol. The average Bonchev–Trinajstić information content (AvgIpc) is 2.91. The second-order valence-electron chi connectivity index (χ2n) is 8.34. The van der Waals surface area contributed by atoms with Crippen LogP contribution in [0.5, 0.6) is 0 Å². The molecule has 2 aromatic rings. The van der Waals surface area contributed by atoms with Gasteiger partial charge in [-0.3, -0.25) is 4.21 Å². The van der Waals surface area contributed by atoms with Crippen LogP contribution in [-0.4, -0.2) is 38.6 Å². The van der Waals surface area contributed by atoms with Crippen LogP contribution in [0.4, 0.5) is 11.8 Å². The molecule has 134 valence electrons. The molecule has 0 spiro atoms. The molecule has 5 nitrogen and oxygen atoms in total. The molecule has 0 unspecified atom stereocenters. The lowest BCUT2D eigenvalue weighted by Gasteiger charge is -2.62. The van der Waals surface area contributed by atoms with Gasteiger partial charge >= 0.3 is 0 Å². The third-order valence-electron chi connectivity index (χ3n) is 6.53. The number of anilines is 2. The van der Waals surface area contributed by atoms with Gasteiger partial charge in [-0.05, 0) is 30.7 Å². The average molecular weight is 366 g/mol. The smallest absolute Gasteiger partial charge is 0.227 e.